The minimum Gasteiger partial charge on any atom is -0.378 e. The summed E-state index contributed by atoms with van der Waals surface area (Å²) in [4.78, 5) is 22.0. The molecule has 2 aliphatic rings. The third-order valence-electron chi connectivity index (χ3n) is 5.26. The van der Waals surface area contributed by atoms with Crippen LogP contribution in [0.25, 0.3) is 6.08 Å². The van der Waals surface area contributed by atoms with Gasteiger partial charge in [-0.1, -0.05) is 19.1 Å². The average Bonchev–Trinajstić information content (AvgIpc) is 3.30. The lowest BCUT2D eigenvalue weighted by Crippen LogP contribution is -2.41. The maximum Gasteiger partial charge on any atom is 0.254 e. The number of pyridine rings is 1. The zero-order valence-corrected chi connectivity index (χ0v) is 18.8. The normalized spacial score (nSPS) is 16.9. The van der Waals surface area contributed by atoms with E-state index in [9.17, 15) is 4.79 Å². The van der Waals surface area contributed by atoms with Crippen LogP contribution in [0.3, 0.4) is 0 Å². The van der Waals surface area contributed by atoms with E-state index in [1.54, 1.807) is 6.20 Å². The predicted octanol–water partition coefficient (Wildman–Crippen LogP) is 2.84. The Morgan fingerprint density at radius 1 is 1.13 bits per heavy atom. The Balaban J connectivity index is 0.000000391. The fourth-order valence-corrected chi connectivity index (χ4v) is 3.51. The van der Waals surface area contributed by atoms with Gasteiger partial charge in [-0.3, -0.25) is 9.89 Å². The van der Waals surface area contributed by atoms with E-state index in [-0.39, 0.29) is 5.91 Å². The number of aromatic nitrogens is 3. The molecule has 168 valence electrons. The molecule has 31 heavy (non-hydrogen) atoms. The zero-order chi connectivity index (χ0) is 22.1. The summed E-state index contributed by atoms with van der Waals surface area (Å²) in [6.45, 7) is 11.5. The maximum atomic E-state index is 13.1. The van der Waals surface area contributed by atoms with Crippen molar-refractivity contribution < 1.29 is 14.3 Å². The minimum absolute atomic E-state index is 0.0686. The molecule has 2 aromatic rings. The van der Waals surface area contributed by atoms with Gasteiger partial charge in [0.2, 0.25) is 0 Å². The molecule has 0 aliphatic carbocycles. The molecule has 2 fully saturated rings. The molecule has 1 N–H and O–H groups in total. The quantitative estimate of drug-likeness (QED) is 0.808. The molecule has 0 radical (unpaired) electrons. The number of aryl methyl sites for hydroxylation is 2. The number of morpholine rings is 2. The van der Waals surface area contributed by atoms with Crippen LogP contribution in [0.4, 0.5) is 5.82 Å². The molecule has 4 rings (SSSR count). The smallest absolute Gasteiger partial charge is 0.254 e. The van der Waals surface area contributed by atoms with Gasteiger partial charge in [-0.15, -0.1) is 0 Å². The van der Waals surface area contributed by atoms with Crippen LogP contribution in [-0.4, -0.2) is 78.6 Å². The second kappa shape index (κ2) is 11.6. The van der Waals surface area contributed by atoms with Gasteiger partial charge in [0.15, 0.2) is 0 Å². The van der Waals surface area contributed by atoms with Gasteiger partial charge < -0.3 is 19.3 Å². The molecule has 0 spiro atoms. The molecule has 0 atom stereocenters. The Bertz CT molecular complexity index is 854. The summed E-state index contributed by atoms with van der Waals surface area (Å²) < 4.78 is 10.8. The number of amides is 1. The van der Waals surface area contributed by atoms with E-state index in [0.717, 1.165) is 47.8 Å². The highest BCUT2D eigenvalue weighted by molar-refractivity contribution is 5.99. The first-order valence-corrected chi connectivity index (χ1v) is 10.9. The summed E-state index contributed by atoms with van der Waals surface area (Å²) in [5.41, 5.74) is 3.66. The van der Waals surface area contributed by atoms with Crippen molar-refractivity contribution in [3.63, 3.8) is 0 Å². The summed E-state index contributed by atoms with van der Waals surface area (Å²) >= 11 is 0. The second-order valence-corrected chi connectivity index (χ2v) is 7.58. The van der Waals surface area contributed by atoms with E-state index in [1.807, 2.05) is 37.0 Å². The number of anilines is 1. The van der Waals surface area contributed by atoms with E-state index in [2.05, 4.69) is 28.1 Å². The first-order chi connectivity index (χ1) is 15.1. The van der Waals surface area contributed by atoms with Gasteiger partial charge in [-0.2, -0.15) is 5.10 Å². The van der Waals surface area contributed by atoms with E-state index in [1.165, 1.54) is 0 Å². The summed E-state index contributed by atoms with van der Waals surface area (Å²) in [5.74, 6) is 0.935. The highest BCUT2D eigenvalue weighted by Gasteiger charge is 2.24. The van der Waals surface area contributed by atoms with Crippen LogP contribution in [0.1, 0.15) is 40.7 Å². The Kier molecular flexibility index (Phi) is 8.61. The van der Waals surface area contributed by atoms with Gasteiger partial charge >= 0.3 is 0 Å². The van der Waals surface area contributed by atoms with Crippen molar-refractivity contribution in [1.82, 2.24) is 20.1 Å². The standard InChI is InChI=1S/C19H27N3O3.C4H6N2/c1-3-4-5-16-15(2)20-18(21-6-10-24-11-7-21)14-17(16)19(23)22-8-12-25-13-9-22;1-4-2-3-5-6-4/h4-5,14H,3,6-13H2,1-2H3;2-3H,1H3,(H,5,6)/b5-4-;. The molecular formula is C23H33N5O3. The van der Waals surface area contributed by atoms with Gasteiger partial charge in [0.25, 0.3) is 5.91 Å². The fraction of sp³-hybridized carbons (Fsp3) is 0.522. The van der Waals surface area contributed by atoms with Crippen molar-refractivity contribution in [2.75, 3.05) is 57.5 Å². The Morgan fingerprint density at radius 3 is 2.35 bits per heavy atom. The number of H-pyrrole nitrogens is 1. The topological polar surface area (TPSA) is 83.6 Å². The third kappa shape index (κ3) is 6.38. The number of carbonyl (C=O) groups is 1. The van der Waals surface area contributed by atoms with Gasteiger partial charge in [-0.25, -0.2) is 4.98 Å². The van der Waals surface area contributed by atoms with Gasteiger partial charge in [0.05, 0.1) is 32.0 Å². The van der Waals surface area contributed by atoms with Crippen molar-refractivity contribution in [2.45, 2.75) is 27.2 Å². The van der Waals surface area contributed by atoms with Crippen molar-refractivity contribution in [1.29, 1.82) is 0 Å². The van der Waals surface area contributed by atoms with E-state index < -0.39 is 0 Å². The summed E-state index contributed by atoms with van der Waals surface area (Å²) in [6, 6.07) is 3.87. The summed E-state index contributed by atoms with van der Waals surface area (Å²) in [7, 11) is 0. The lowest BCUT2D eigenvalue weighted by Gasteiger charge is -2.30. The molecule has 2 saturated heterocycles. The molecule has 0 aromatic carbocycles. The van der Waals surface area contributed by atoms with E-state index >= 15 is 0 Å². The van der Waals surface area contributed by atoms with Crippen molar-refractivity contribution in [3.8, 4) is 0 Å². The largest absolute Gasteiger partial charge is 0.378 e. The number of rotatable bonds is 4. The lowest BCUT2D eigenvalue weighted by atomic mass is 10.0. The Hall–Kier alpha value is -2.71. The first kappa shape index (κ1) is 23.0. The van der Waals surface area contributed by atoms with Crippen molar-refractivity contribution in [3.05, 3.63) is 46.9 Å². The van der Waals surface area contributed by atoms with Gasteiger partial charge in [0.1, 0.15) is 5.82 Å². The van der Waals surface area contributed by atoms with E-state index in [0.29, 0.717) is 39.5 Å². The van der Waals surface area contributed by atoms with Crippen molar-refractivity contribution >= 4 is 17.8 Å². The van der Waals surface area contributed by atoms with Gasteiger partial charge in [0, 0.05) is 49.3 Å². The van der Waals surface area contributed by atoms with Crippen LogP contribution in [0.15, 0.2) is 24.4 Å². The number of hydrogen-bond acceptors (Lipinski definition) is 6. The van der Waals surface area contributed by atoms with Gasteiger partial charge in [-0.05, 0) is 32.4 Å². The van der Waals surface area contributed by atoms with Crippen molar-refractivity contribution in [2.24, 2.45) is 0 Å². The summed E-state index contributed by atoms with van der Waals surface area (Å²) in [6.07, 6.45) is 6.76. The third-order valence-corrected chi connectivity index (χ3v) is 5.26. The number of nitrogens with one attached hydrogen (secondary N) is 1. The molecule has 4 heterocycles. The van der Waals surface area contributed by atoms with Crippen LogP contribution in [0, 0.1) is 13.8 Å². The SMILES string of the molecule is CC/C=C\c1c(C(=O)N2CCOCC2)cc(N2CCOCC2)nc1C.Cc1ccn[nH]1. The number of aromatic amines is 1. The second-order valence-electron chi connectivity index (χ2n) is 7.58. The fourth-order valence-electron chi connectivity index (χ4n) is 3.51. The van der Waals surface area contributed by atoms with E-state index in [4.69, 9.17) is 14.5 Å². The number of hydrogen-bond donors (Lipinski definition) is 1. The molecule has 8 heteroatoms. The van der Waals surface area contributed by atoms with Crippen LogP contribution < -0.4 is 4.90 Å². The lowest BCUT2D eigenvalue weighted by molar-refractivity contribution is 0.0302. The molecule has 1 amide bonds. The molecule has 0 saturated carbocycles. The first-order valence-electron chi connectivity index (χ1n) is 10.9. The average molecular weight is 428 g/mol. The zero-order valence-electron chi connectivity index (χ0n) is 18.8. The number of nitrogens with zero attached hydrogens (tertiary/aromatic N) is 4. The molecule has 2 aliphatic heterocycles. The predicted molar refractivity (Wildman–Crippen MR) is 121 cm³/mol. The molecular weight excluding hydrogens is 394 g/mol. The number of ether oxygens (including phenoxy) is 2. The van der Waals surface area contributed by atoms with Crippen LogP contribution in [0.2, 0.25) is 0 Å². The molecule has 0 unspecified atom stereocenters. The minimum atomic E-state index is 0.0686. The maximum absolute atomic E-state index is 13.1. The highest BCUT2D eigenvalue weighted by atomic mass is 16.5. The molecule has 8 nitrogen and oxygen atoms in total. The number of allylic oxidation sites excluding steroid dienone is 1. The summed E-state index contributed by atoms with van der Waals surface area (Å²) in [5, 5.41) is 6.45. The van der Waals surface area contributed by atoms with Crippen LogP contribution in [-0.2, 0) is 9.47 Å². The molecule has 2 aromatic heterocycles. The Morgan fingerprint density at radius 2 is 1.81 bits per heavy atom. The van der Waals surface area contributed by atoms with Crippen LogP contribution >= 0.6 is 0 Å². The molecule has 0 bridgehead atoms. The number of carbonyl (C=O) groups excluding carboxylic acids is 1. The highest BCUT2D eigenvalue weighted by Crippen LogP contribution is 2.24. The monoisotopic (exact) mass is 427 g/mol. The van der Waals surface area contributed by atoms with Crippen LogP contribution in [0.5, 0.6) is 0 Å². The Labute approximate surface area is 184 Å².